The number of aromatic nitrogens is 1. The monoisotopic (exact) mass is 256 g/mol. The fourth-order valence-corrected chi connectivity index (χ4v) is 2.18. The summed E-state index contributed by atoms with van der Waals surface area (Å²) in [6, 6.07) is 3.42. The minimum Gasteiger partial charge on any atom is -0.306 e. The lowest BCUT2D eigenvalue weighted by Crippen LogP contribution is -2.29. The predicted molar refractivity (Wildman–Crippen MR) is 70.0 cm³/mol. The number of rotatable bonds is 2. The number of hydrogen-bond acceptors (Lipinski definition) is 2. The van der Waals surface area contributed by atoms with E-state index in [0.29, 0.717) is 5.92 Å². The molecule has 18 heavy (non-hydrogen) atoms. The van der Waals surface area contributed by atoms with Crippen molar-refractivity contribution in [2.75, 3.05) is 20.1 Å². The first-order chi connectivity index (χ1) is 8.66. The van der Waals surface area contributed by atoms with E-state index in [1.165, 1.54) is 6.20 Å². The van der Waals surface area contributed by atoms with Crippen LogP contribution in [0.1, 0.15) is 50.3 Å². The number of nitrogens with zero attached hydrogens (tertiary/aromatic N) is 2. The highest BCUT2D eigenvalue weighted by Crippen LogP contribution is 2.29. The fraction of sp³-hybridized carbons (Fsp3) is 0.643. The predicted octanol–water partition coefficient (Wildman–Crippen LogP) is 3.85. The van der Waals surface area contributed by atoms with Crippen LogP contribution in [0.15, 0.2) is 18.3 Å². The van der Waals surface area contributed by atoms with Gasteiger partial charge in [-0.25, -0.2) is 8.78 Å². The minimum atomic E-state index is -2.47. The van der Waals surface area contributed by atoms with Gasteiger partial charge in [0, 0.05) is 6.20 Å². The first kappa shape index (κ1) is 15.0. The molecule has 2 heterocycles. The average Bonchev–Trinajstić information content (AvgIpc) is 2.42. The minimum absolute atomic E-state index is 0.101. The van der Waals surface area contributed by atoms with Gasteiger partial charge in [0.15, 0.2) is 0 Å². The topological polar surface area (TPSA) is 16.1 Å². The molecule has 1 aromatic rings. The van der Waals surface area contributed by atoms with E-state index in [0.717, 1.165) is 31.5 Å². The number of pyridine rings is 1. The van der Waals surface area contributed by atoms with Crippen LogP contribution in [-0.2, 0) is 0 Å². The Kier molecular flexibility index (Phi) is 6.19. The Morgan fingerprint density at radius 2 is 1.89 bits per heavy atom. The molecule has 0 saturated carbocycles. The van der Waals surface area contributed by atoms with E-state index in [-0.39, 0.29) is 5.69 Å². The maximum absolute atomic E-state index is 12.5. The van der Waals surface area contributed by atoms with Crippen LogP contribution in [0.2, 0.25) is 0 Å². The van der Waals surface area contributed by atoms with Crippen molar-refractivity contribution in [2.45, 2.75) is 39.0 Å². The van der Waals surface area contributed by atoms with Gasteiger partial charge >= 0.3 is 0 Å². The Bertz CT molecular complexity index is 347. The van der Waals surface area contributed by atoms with Gasteiger partial charge in [-0.05, 0) is 56.6 Å². The SMILES string of the molecule is CC.CN1CCC(c2ccnc(C(F)F)c2)CC1. The van der Waals surface area contributed by atoms with Crippen molar-refractivity contribution >= 4 is 0 Å². The highest BCUT2D eigenvalue weighted by Gasteiger charge is 2.19. The Morgan fingerprint density at radius 1 is 1.28 bits per heavy atom. The lowest BCUT2D eigenvalue weighted by molar-refractivity contribution is 0.146. The van der Waals surface area contributed by atoms with Gasteiger partial charge in [0.2, 0.25) is 0 Å². The number of hydrogen-bond donors (Lipinski definition) is 0. The van der Waals surface area contributed by atoms with Gasteiger partial charge in [-0.15, -0.1) is 0 Å². The quantitative estimate of drug-likeness (QED) is 0.799. The standard InChI is InChI=1S/C12H16F2N2.C2H6/c1-16-6-3-9(4-7-16)10-2-5-15-11(8-10)12(13)14;1-2/h2,5,8-9,12H,3-4,6-7H2,1H3;1-2H3. The molecule has 102 valence electrons. The zero-order valence-electron chi connectivity index (χ0n) is 11.4. The molecule has 2 rings (SSSR count). The lowest BCUT2D eigenvalue weighted by Gasteiger charge is -2.29. The first-order valence-electron chi connectivity index (χ1n) is 6.59. The van der Waals surface area contributed by atoms with Crippen LogP contribution in [0.5, 0.6) is 0 Å². The molecule has 0 aromatic carbocycles. The summed E-state index contributed by atoms with van der Waals surface area (Å²) in [5.41, 5.74) is 0.912. The van der Waals surface area contributed by atoms with Crippen LogP contribution >= 0.6 is 0 Å². The number of halogens is 2. The van der Waals surface area contributed by atoms with Gasteiger partial charge in [0.05, 0.1) is 0 Å². The summed E-state index contributed by atoms with van der Waals surface area (Å²) in [6.07, 6.45) is 1.12. The van der Waals surface area contributed by atoms with Crippen LogP contribution in [0.25, 0.3) is 0 Å². The van der Waals surface area contributed by atoms with Crippen LogP contribution in [0.3, 0.4) is 0 Å². The first-order valence-corrected chi connectivity index (χ1v) is 6.59. The fourth-order valence-electron chi connectivity index (χ4n) is 2.18. The lowest BCUT2D eigenvalue weighted by atomic mass is 9.90. The Hall–Kier alpha value is -1.03. The molecule has 2 nitrogen and oxygen atoms in total. The normalized spacial score (nSPS) is 17.4. The summed E-state index contributed by atoms with van der Waals surface area (Å²) in [4.78, 5) is 5.96. The van der Waals surface area contributed by atoms with Gasteiger partial charge < -0.3 is 4.90 Å². The Labute approximate surface area is 108 Å². The molecule has 0 aliphatic carbocycles. The number of piperidine rings is 1. The summed E-state index contributed by atoms with van der Waals surface area (Å²) < 4.78 is 25.0. The van der Waals surface area contributed by atoms with Crippen molar-refractivity contribution in [2.24, 2.45) is 0 Å². The van der Waals surface area contributed by atoms with Crippen LogP contribution < -0.4 is 0 Å². The molecule has 0 N–H and O–H groups in total. The highest BCUT2D eigenvalue weighted by atomic mass is 19.3. The third kappa shape index (κ3) is 4.02. The second kappa shape index (κ2) is 7.41. The summed E-state index contributed by atoms with van der Waals surface area (Å²) in [5.74, 6) is 0.414. The van der Waals surface area contributed by atoms with Crippen molar-refractivity contribution in [3.8, 4) is 0 Å². The number of likely N-dealkylation sites (tertiary alicyclic amines) is 1. The largest absolute Gasteiger partial charge is 0.306 e. The van der Waals surface area contributed by atoms with Crippen molar-refractivity contribution in [1.82, 2.24) is 9.88 Å². The van der Waals surface area contributed by atoms with E-state index in [2.05, 4.69) is 16.9 Å². The van der Waals surface area contributed by atoms with E-state index in [1.54, 1.807) is 6.07 Å². The third-order valence-corrected chi connectivity index (χ3v) is 3.22. The second-order valence-electron chi connectivity index (χ2n) is 4.39. The Morgan fingerprint density at radius 3 is 2.44 bits per heavy atom. The van der Waals surface area contributed by atoms with Crippen molar-refractivity contribution in [3.63, 3.8) is 0 Å². The van der Waals surface area contributed by atoms with Crippen molar-refractivity contribution in [3.05, 3.63) is 29.6 Å². The van der Waals surface area contributed by atoms with E-state index in [9.17, 15) is 8.78 Å². The molecule has 0 bridgehead atoms. The summed E-state index contributed by atoms with van der Waals surface area (Å²) >= 11 is 0. The number of alkyl halides is 2. The molecule has 1 aromatic heterocycles. The molecule has 0 atom stereocenters. The van der Waals surface area contributed by atoms with E-state index in [4.69, 9.17) is 0 Å². The molecule has 0 amide bonds. The van der Waals surface area contributed by atoms with E-state index in [1.807, 2.05) is 19.9 Å². The summed E-state index contributed by atoms with van der Waals surface area (Å²) in [7, 11) is 2.09. The zero-order chi connectivity index (χ0) is 13.5. The summed E-state index contributed by atoms with van der Waals surface area (Å²) in [6.45, 7) is 6.08. The van der Waals surface area contributed by atoms with Gasteiger partial charge in [-0.1, -0.05) is 13.8 Å². The molecule has 1 aliphatic heterocycles. The third-order valence-electron chi connectivity index (χ3n) is 3.22. The molecule has 0 radical (unpaired) electrons. The Balaban J connectivity index is 0.000000771. The van der Waals surface area contributed by atoms with E-state index < -0.39 is 6.43 Å². The van der Waals surface area contributed by atoms with Crippen LogP contribution in [0, 0.1) is 0 Å². The molecular formula is C14H22F2N2. The van der Waals surface area contributed by atoms with Crippen molar-refractivity contribution < 1.29 is 8.78 Å². The van der Waals surface area contributed by atoms with Crippen LogP contribution in [-0.4, -0.2) is 30.0 Å². The van der Waals surface area contributed by atoms with Crippen LogP contribution in [0.4, 0.5) is 8.78 Å². The maximum Gasteiger partial charge on any atom is 0.280 e. The van der Waals surface area contributed by atoms with Gasteiger partial charge in [0.1, 0.15) is 5.69 Å². The van der Waals surface area contributed by atoms with Crippen molar-refractivity contribution in [1.29, 1.82) is 0 Å². The molecule has 1 saturated heterocycles. The molecule has 0 unspecified atom stereocenters. The van der Waals surface area contributed by atoms with Gasteiger partial charge in [-0.2, -0.15) is 0 Å². The smallest absolute Gasteiger partial charge is 0.280 e. The maximum atomic E-state index is 12.5. The molecule has 0 spiro atoms. The molecular weight excluding hydrogens is 234 g/mol. The molecule has 1 aliphatic rings. The second-order valence-corrected chi connectivity index (χ2v) is 4.39. The molecule has 4 heteroatoms. The van der Waals surface area contributed by atoms with E-state index >= 15 is 0 Å². The zero-order valence-corrected chi connectivity index (χ0v) is 11.4. The van der Waals surface area contributed by atoms with Gasteiger partial charge in [-0.3, -0.25) is 4.98 Å². The molecule has 1 fully saturated rings. The summed E-state index contributed by atoms with van der Waals surface area (Å²) in [5, 5.41) is 0. The van der Waals surface area contributed by atoms with Gasteiger partial charge in [0.25, 0.3) is 6.43 Å². The average molecular weight is 256 g/mol. The highest BCUT2D eigenvalue weighted by molar-refractivity contribution is 5.21.